The highest BCUT2D eigenvalue weighted by molar-refractivity contribution is 5.09. The maximum Gasteiger partial charge on any atom is 0.0461 e. The van der Waals surface area contributed by atoms with Gasteiger partial charge >= 0.3 is 0 Å². The van der Waals surface area contributed by atoms with Gasteiger partial charge in [0.05, 0.1) is 0 Å². The van der Waals surface area contributed by atoms with E-state index in [-0.39, 0.29) is 0 Å². The summed E-state index contributed by atoms with van der Waals surface area (Å²) in [5.41, 5.74) is 1.43. The third-order valence-corrected chi connectivity index (χ3v) is 2.27. The molecule has 1 unspecified atom stereocenters. The summed E-state index contributed by atoms with van der Waals surface area (Å²) in [5, 5.41) is 4.45. The molecule has 0 aromatic rings. The second kappa shape index (κ2) is 2.62. The van der Waals surface area contributed by atoms with Crippen molar-refractivity contribution in [2.75, 3.05) is 14.1 Å². The molecular formula is C8H16N2. The molecule has 0 N–H and O–H groups in total. The highest BCUT2D eigenvalue weighted by Crippen LogP contribution is 2.19. The minimum atomic E-state index is 0.569. The zero-order chi connectivity index (χ0) is 7.72. The summed E-state index contributed by atoms with van der Waals surface area (Å²) < 4.78 is 0. The first-order chi connectivity index (χ1) is 4.66. The molecule has 0 aromatic carbocycles. The number of hydrazine groups is 1. The minimum Gasteiger partial charge on any atom is -0.313 e. The van der Waals surface area contributed by atoms with E-state index in [0.717, 1.165) is 6.42 Å². The van der Waals surface area contributed by atoms with Crippen molar-refractivity contribution in [2.45, 2.75) is 26.3 Å². The van der Waals surface area contributed by atoms with Crippen LogP contribution in [0.4, 0.5) is 0 Å². The van der Waals surface area contributed by atoms with Gasteiger partial charge in [0, 0.05) is 25.8 Å². The molecular weight excluding hydrogens is 124 g/mol. The van der Waals surface area contributed by atoms with Crippen LogP contribution >= 0.6 is 0 Å². The van der Waals surface area contributed by atoms with E-state index in [4.69, 9.17) is 0 Å². The third-order valence-electron chi connectivity index (χ3n) is 2.27. The van der Waals surface area contributed by atoms with Crippen LogP contribution in [-0.2, 0) is 0 Å². The summed E-state index contributed by atoms with van der Waals surface area (Å²) in [6, 6.07) is 0.569. The average molecular weight is 140 g/mol. The van der Waals surface area contributed by atoms with Crippen LogP contribution in [0.3, 0.4) is 0 Å². The average Bonchev–Trinajstić information content (AvgIpc) is 2.17. The molecule has 0 spiro atoms. The fraction of sp³-hybridized carbons (Fsp3) is 0.750. The molecule has 1 aliphatic heterocycles. The Balaban J connectivity index is 2.68. The Kier molecular flexibility index (Phi) is 2.00. The van der Waals surface area contributed by atoms with Crippen molar-refractivity contribution in [1.29, 1.82) is 0 Å². The summed E-state index contributed by atoms with van der Waals surface area (Å²) >= 11 is 0. The van der Waals surface area contributed by atoms with Gasteiger partial charge in [0.15, 0.2) is 0 Å². The van der Waals surface area contributed by atoms with E-state index >= 15 is 0 Å². The van der Waals surface area contributed by atoms with Crippen molar-refractivity contribution in [2.24, 2.45) is 0 Å². The maximum absolute atomic E-state index is 2.31. The Hall–Kier alpha value is -0.500. The van der Waals surface area contributed by atoms with E-state index in [9.17, 15) is 0 Å². The molecule has 0 saturated carbocycles. The summed E-state index contributed by atoms with van der Waals surface area (Å²) in [7, 11) is 4.22. The fourth-order valence-electron chi connectivity index (χ4n) is 1.32. The molecule has 1 rings (SSSR count). The van der Waals surface area contributed by atoms with Crippen LogP contribution in [0.25, 0.3) is 0 Å². The van der Waals surface area contributed by atoms with Gasteiger partial charge < -0.3 is 5.01 Å². The first-order valence-electron chi connectivity index (χ1n) is 3.84. The predicted molar refractivity (Wildman–Crippen MR) is 43.4 cm³/mol. The molecule has 0 aromatic heterocycles. The maximum atomic E-state index is 2.31. The number of likely N-dealkylation sites (N-methyl/N-ethyl adjacent to an activating group) is 1. The summed E-state index contributed by atoms with van der Waals surface area (Å²) in [5.74, 6) is 0. The Morgan fingerprint density at radius 3 is 2.30 bits per heavy atom. The molecule has 0 fully saturated rings. The monoisotopic (exact) mass is 140 g/mol. The summed E-state index contributed by atoms with van der Waals surface area (Å²) in [6.07, 6.45) is 3.44. The smallest absolute Gasteiger partial charge is 0.0461 e. The normalized spacial score (nSPS) is 27.4. The number of hydrogen-bond acceptors (Lipinski definition) is 2. The molecule has 58 valence electrons. The molecule has 0 aliphatic carbocycles. The second-order valence-corrected chi connectivity index (χ2v) is 2.85. The first-order valence-corrected chi connectivity index (χ1v) is 3.84. The van der Waals surface area contributed by atoms with Crippen LogP contribution in [0.2, 0.25) is 0 Å². The molecule has 0 saturated heterocycles. The zero-order valence-corrected chi connectivity index (χ0v) is 7.26. The van der Waals surface area contributed by atoms with E-state index in [1.54, 1.807) is 0 Å². The van der Waals surface area contributed by atoms with Crippen LogP contribution in [0, 0.1) is 0 Å². The quantitative estimate of drug-likeness (QED) is 0.544. The van der Waals surface area contributed by atoms with Gasteiger partial charge in [-0.15, -0.1) is 0 Å². The molecule has 1 atom stereocenters. The van der Waals surface area contributed by atoms with Gasteiger partial charge in [-0.3, -0.25) is 0 Å². The summed E-state index contributed by atoms with van der Waals surface area (Å²) in [6.45, 7) is 4.40. The lowest BCUT2D eigenvalue weighted by atomic mass is 10.2. The van der Waals surface area contributed by atoms with Crippen molar-refractivity contribution >= 4 is 0 Å². The Morgan fingerprint density at radius 1 is 1.50 bits per heavy atom. The van der Waals surface area contributed by atoms with Gasteiger partial charge in [0.1, 0.15) is 0 Å². The Labute approximate surface area is 63.1 Å². The Morgan fingerprint density at radius 2 is 2.10 bits per heavy atom. The van der Waals surface area contributed by atoms with E-state index in [1.807, 2.05) is 0 Å². The topological polar surface area (TPSA) is 6.48 Å². The third kappa shape index (κ3) is 1.03. The largest absolute Gasteiger partial charge is 0.313 e. The van der Waals surface area contributed by atoms with E-state index in [2.05, 4.69) is 44.0 Å². The van der Waals surface area contributed by atoms with Gasteiger partial charge in [-0.1, -0.05) is 6.92 Å². The fourth-order valence-corrected chi connectivity index (χ4v) is 1.32. The highest BCUT2D eigenvalue weighted by atomic mass is 15.6. The molecule has 0 radical (unpaired) electrons. The van der Waals surface area contributed by atoms with Crippen molar-refractivity contribution in [1.82, 2.24) is 10.0 Å². The molecule has 2 heteroatoms. The highest BCUT2D eigenvalue weighted by Gasteiger charge is 2.20. The van der Waals surface area contributed by atoms with E-state index in [0.29, 0.717) is 6.04 Å². The SMILES string of the molecule is CCC1=CC(C)N(C)N1C. The van der Waals surface area contributed by atoms with Gasteiger partial charge in [0.2, 0.25) is 0 Å². The first kappa shape index (κ1) is 7.61. The zero-order valence-electron chi connectivity index (χ0n) is 7.26. The molecule has 1 aliphatic rings. The van der Waals surface area contributed by atoms with Gasteiger partial charge in [-0.25, -0.2) is 5.01 Å². The van der Waals surface area contributed by atoms with Crippen LogP contribution in [0.15, 0.2) is 11.8 Å². The standard InChI is InChI=1S/C8H16N2/c1-5-8-6-7(2)9(3)10(8)4/h6-7H,5H2,1-4H3. The minimum absolute atomic E-state index is 0.569. The van der Waals surface area contributed by atoms with Crippen molar-refractivity contribution < 1.29 is 0 Å². The van der Waals surface area contributed by atoms with Crippen LogP contribution in [0.1, 0.15) is 20.3 Å². The number of nitrogens with zero attached hydrogens (tertiary/aromatic N) is 2. The van der Waals surface area contributed by atoms with Gasteiger partial charge in [-0.05, 0) is 19.4 Å². The van der Waals surface area contributed by atoms with Crippen molar-refractivity contribution in [3.05, 3.63) is 11.8 Å². The van der Waals surface area contributed by atoms with E-state index < -0.39 is 0 Å². The molecule has 10 heavy (non-hydrogen) atoms. The van der Waals surface area contributed by atoms with Crippen LogP contribution in [0.5, 0.6) is 0 Å². The van der Waals surface area contributed by atoms with Crippen LogP contribution in [-0.4, -0.2) is 30.2 Å². The molecule has 0 amide bonds. The van der Waals surface area contributed by atoms with Gasteiger partial charge in [0.25, 0.3) is 0 Å². The number of allylic oxidation sites excluding steroid dienone is 1. The predicted octanol–water partition coefficient (Wildman–Crippen LogP) is 1.46. The number of rotatable bonds is 1. The van der Waals surface area contributed by atoms with Crippen molar-refractivity contribution in [3.8, 4) is 0 Å². The van der Waals surface area contributed by atoms with Gasteiger partial charge in [-0.2, -0.15) is 0 Å². The lowest BCUT2D eigenvalue weighted by Crippen LogP contribution is -2.34. The molecule has 1 heterocycles. The molecule has 0 bridgehead atoms. The lowest BCUT2D eigenvalue weighted by molar-refractivity contribution is 0.0665. The number of hydrogen-bond donors (Lipinski definition) is 0. The summed E-state index contributed by atoms with van der Waals surface area (Å²) in [4.78, 5) is 0. The molecule has 2 nitrogen and oxygen atoms in total. The Bertz CT molecular complexity index is 151. The second-order valence-electron chi connectivity index (χ2n) is 2.85. The lowest BCUT2D eigenvalue weighted by Gasteiger charge is -2.27. The van der Waals surface area contributed by atoms with Crippen LogP contribution < -0.4 is 0 Å². The van der Waals surface area contributed by atoms with E-state index in [1.165, 1.54) is 5.70 Å². The van der Waals surface area contributed by atoms with Crippen molar-refractivity contribution in [3.63, 3.8) is 0 Å².